The van der Waals surface area contributed by atoms with Crippen LogP contribution >= 0.6 is 0 Å². The highest BCUT2D eigenvalue weighted by Crippen LogP contribution is 2.32. The van der Waals surface area contributed by atoms with Crippen LogP contribution in [0.2, 0.25) is 0 Å². The molecule has 0 aliphatic heterocycles. The number of nitrogens with zero attached hydrogens (tertiary/aromatic N) is 3. The first kappa shape index (κ1) is 17.4. The van der Waals surface area contributed by atoms with Crippen LogP contribution in [0.15, 0.2) is 47.7 Å². The van der Waals surface area contributed by atoms with Gasteiger partial charge in [0.25, 0.3) is 5.56 Å². The topological polar surface area (TPSA) is 115 Å². The Labute approximate surface area is 165 Å². The van der Waals surface area contributed by atoms with E-state index in [4.69, 9.17) is 15.5 Å². The average molecular weight is 388 g/mol. The molecule has 0 atom stereocenters. The van der Waals surface area contributed by atoms with Crippen molar-refractivity contribution in [1.29, 1.82) is 0 Å². The zero-order chi connectivity index (χ0) is 20.0. The van der Waals surface area contributed by atoms with Crippen molar-refractivity contribution in [2.24, 2.45) is 5.73 Å². The van der Waals surface area contributed by atoms with E-state index >= 15 is 0 Å². The molecule has 3 heterocycles. The standard InChI is InChI=1S/C21H20N6O2/c1-29-12-3-4-19-13(7-12)14(10-27(19)6-2-5-22)20-21(28)26-18-9-16-15(23-11-24-16)8-17(18)25-20/h3-4,7-11H,2,5-6,22H2,1H3,(H,23,24)(H,26,28). The largest absolute Gasteiger partial charge is 0.497 e. The molecule has 0 saturated heterocycles. The Kier molecular flexibility index (Phi) is 4.06. The minimum Gasteiger partial charge on any atom is -0.497 e. The molecule has 2 aromatic carbocycles. The van der Waals surface area contributed by atoms with E-state index in [9.17, 15) is 4.79 Å². The number of nitrogens with two attached hydrogens (primary N) is 1. The fourth-order valence-corrected chi connectivity index (χ4v) is 3.74. The Morgan fingerprint density at radius 2 is 2.03 bits per heavy atom. The van der Waals surface area contributed by atoms with E-state index in [-0.39, 0.29) is 5.56 Å². The molecule has 5 aromatic rings. The van der Waals surface area contributed by atoms with Gasteiger partial charge in [-0.15, -0.1) is 0 Å². The second kappa shape index (κ2) is 6.75. The first-order valence-electron chi connectivity index (χ1n) is 9.42. The van der Waals surface area contributed by atoms with Crippen LogP contribution in [0.3, 0.4) is 0 Å². The Bertz CT molecular complexity index is 1410. The number of benzene rings is 2. The number of nitrogens with one attached hydrogen (secondary N) is 2. The van der Waals surface area contributed by atoms with Gasteiger partial charge >= 0.3 is 0 Å². The van der Waals surface area contributed by atoms with Gasteiger partial charge in [-0.05, 0) is 43.3 Å². The van der Waals surface area contributed by atoms with Crippen molar-refractivity contribution in [2.75, 3.05) is 13.7 Å². The summed E-state index contributed by atoms with van der Waals surface area (Å²) in [5.74, 6) is 0.728. The van der Waals surface area contributed by atoms with Crippen molar-refractivity contribution < 1.29 is 4.74 Å². The van der Waals surface area contributed by atoms with Crippen molar-refractivity contribution in [3.05, 3.63) is 53.2 Å². The highest BCUT2D eigenvalue weighted by atomic mass is 16.5. The van der Waals surface area contributed by atoms with E-state index < -0.39 is 0 Å². The quantitative estimate of drug-likeness (QED) is 0.428. The van der Waals surface area contributed by atoms with Gasteiger partial charge in [-0.3, -0.25) is 4.79 Å². The molecule has 8 nitrogen and oxygen atoms in total. The van der Waals surface area contributed by atoms with Crippen molar-refractivity contribution in [2.45, 2.75) is 13.0 Å². The zero-order valence-electron chi connectivity index (χ0n) is 15.9. The van der Waals surface area contributed by atoms with Crippen LogP contribution in [0.4, 0.5) is 0 Å². The zero-order valence-corrected chi connectivity index (χ0v) is 15.9. The number of H-pyrrole nitrogens is 2. The molecule has 0 unspecified atom stereocenters. The van der Waals surface area contributed by atoms with Gasteiger partial charge in [-0.25, -0.2) is 9.97 Å². The Morgan fingerprint density at radius 1 is 1.17 bits per heavy atom. The van der Waals surface area contributed by atoms with E-state index in [1.807, 2.05) is 36.5 Å². The number of aromatic amines is 2. The summed E-state index contributed by atoms with van der Waals surface area (Å²) in [6, 6.07) is 9.57. The minimum absolute atomic E-state index is 0.243. The number of hydrogen-bond acceptors (Lipinski definition) is 5. The molecule has 4 N–H and O–H groups in total. The number of ether oxygens (including phenoxy) is 1. The van der Waals surface area contributed by atoms with Crippen molar-refractivity contribution in [3.8, 4) is 17.0 Å². The number of aromatic nitrogens is 5. The van der Waals surface area contributed by atoms with Crippen molar-refractivity contribution in [3.63, 3.8) is 0 Å². The second-order valence-electron chi connectivity index (χ2n) is 6.97. The Morgan fingerprint density at radius 3 is 2.86 bits per heavy atom. The number of imidazole rings is 1. The number of hydrogen-bond donors (Lipinski definition) is 3. The van der Waals surface area contributed by atoms with Crippen LogP contribution in [0, 0.1) is 0 Å². The third-order valence-electron chi connectivity index (χ3n) is 5.18. The lowest BCUT2D eigenvalue weighted by atomic mass is 10.1. The normalized spacial score (nSPS) is 11.7. The summed E-state index contributed by atoms with van der Waals surface area (Å²) in [4.78, 5) is 27.9. The van der Waals surface area contributed by atoms with Gasteiger partial charge in [0.1, 0.15) is 11.4 Å². The Hall–Kier alpha value is -3.65. The first-order chi connectivity index (χ1) is 14.2. The number of aryl methyl sites for hydroxylation is 1. The van der Waals surface area contributed by atoms with E-state index in [1.165, 1.54) is 0 Å². The van der Waals surface area contributed by atoms with Gasteiger partial charge in [-0.2, -0.15) is 0 Å². The van der Waals surface area contributed by atoms with Crippen LogP contribution in [0.1, 0.15) is 6.42 Å². The van der Waals surface area contributed by atoms with Crippen LogP contribution in [0.25, 0.3) is 44.2 Å². The first-order valence-corrected chi connectivity index (χ1v) is 9.42. The van der Waals surface area contributed by atoms with Crippen molar-refractivity contribution in [1.82, 2.24) is 24.5 Å². The third kappa shape index (κ3) is 2.85. The molecule has 3 aromatic heterocycles. The molecule has 8 heteroatoms. The molecule has 29 heavy (non-hydrogen) atoms. The summed E-state index contributed by atoms with van der Waals surface area (Å²) in [6.07, 6.45) is 4.44. The lowest BCUT2D eigenvalue weighted by molar-refractivity contribution is 0.415. The molecule has 0 aliphatic rings. The molecule has 0 bridgehead atoms. The van der Waals surface area contributed by atoms with Crippen LogP contribution in [0.5, 0.6) is 5.75 Å². The molecular weight excluding hydrogens is 368 g/mol. The SMILES string of the molecule is COc1ccc2c(c1)c(-c1nc3cc4[nH]cnc4cc3[nH]c1=O)cn2CCCN. The maximum Gasteiger partial charge on any atom is 0.275 e. The summed E-state index contributed by atoms with van der Waals surface area (Å²) in [7, 11) is 1.63. The molecule has 0 fully saturated rings. The summed E-state index contributed by atoms with van der Waals surface area (Å²) in [5.41, 5.74) is 10.6. The van der Waals surface area contributed by atoms with Gasteiger partial charge in [0.05, 0.1) is 35.5 Å². The van der Waals surface area contributed by atoms with E-state index in [1.54, 1.807) is 13.4 Å². The molecule has 146 valence electrons. The molecule has 0 aliphatic carbocycles. The Balaban J connectivity index is 1.77. The lowest BCUT2D eigenvalue weighted by Gasteiger charge is -2.05. The maximum absolute atomic E-state index is 12.9. The van der Waals surface area contributed by atoms with Gasteiger partial charge in [0.2, 0.25) is 0 Å². The van der Waals surface area contributed by atoms with E-state index in [0.717, 1.165) is 46.2 Å². The lowest BCUT2D eigenvalue weighted by Crippen LogP contribution is -2.11. The van der Waals surface area contributed by atoms with Gasteiger partial charge in [0, 0.05) is 29.2 Å². The molecule has 0 spiro atoms. The number of rotatable bonds is 5. The van der Waals surface area contributed by atoms with Crippen molar-refractivity contribution >= 4 is 33.0 Å². The molecule has 0 amide bonds. The molecule has 0 saturated carbocycles. The van der Waals surface area contributed by atoms with E-state index in [0.29, 0.717) is 23.3 Å². The van der Waals surface area contributed by atoms with Gasteiger partial charge < -0.3 is 25.0 Å². The van der Waals surface area contributed by atoms with Gasteiger partial charge in [-0.1, -0.05) is 0 Å². The summed E-state index contributed by atoms with van der Waals surface area (Å²) < 4.78 is 7.51. The molecule has 5 rings (SSSR count). The summed E-state index contributed by atoms with van der Waals surface area (Å²) >= 11 is 0. The summed E-state index contributed by atoms with van der Waals surface area (Å²) in [5, 5.41) is 0.918. The molecular formula is C21H20N6O2. The second-order valence-corrected chi connectivity index (χ2v) is 6.97. The predicted octanol–water partition coefficient (Wildman–Crippen LogP) is 2.78. The molecule has 0 radical (unpaired) electrons. The third-order valence-corrected chi connectivity index (χ3v) is 5.18. The highest BCUT2D eigenvalue weighted by molar-refractivity contribution is 5.97. The highest BCUT2D eigenvalue weighted by Gasteiger charge is 2.16. The van der Waals surface area contributed by atoms with Crippen LogP contribution in [-0.4, -0.2) is 38.2 Å². The predicted molar refractivity (Wildman–Crippen MR) is 113 cm³/mol. The average Bonchev–Trinajstić information content (AvgIpc) is 3.33. The maximum atomic E-state index is 12.9. The van der Waals surface area contributed by atoms with Gasteiger partial charge in [0.15, 0.2) is 0 Å². The minimum atomic E-state index is -0.243. The monoisotopic (exact) mass is 388 g/mol. The fourth-order valence-electron chi connectivity index (χ4n) is 3.74. The number of fused-ring (bicyclic) bond motifs is 3. The fraction of sp³-hybridized carbons (Fsp3) is 0.190. The van der Waals surface area contributed by atoms with Crippen LogP contribution in [-0.2, 0) is 6.54 Å². The van der Waals surface area contributed by atoms with E-state index in [2.05, 4.69) is 19.5 Å². The smallest absolute Gasteiger partial charge is 0.275 e. The van der Waals surface area contributed by atoms with Crippen LogP contribution < -0.4 is 16.0 Å². The number of methoxy groups -OCH3 is 1. The summed E-state index contributed by atoms with van der Waals surface area (Å²) in [6.45, 7) is 1.36.